The van der Waals surface area contributed by atoms with Crippen LogP contribution in [0.5, 0.6) is 0 Å². The van der Waals surface area contributed by atoms with E-state index in [1.165, 1.54) is 11.7 Å². The van der Waals surface area contributed by atoms with E-state index in [0.29, 0.717) is 82.6 Å². The molecule has 3 aromatic rings. The number of rotatable bonds is 24. The van der Waals surface area contributed by atoms with Crippen molar-refractivity contribution in [1.29, 1.82) is 0 Å². The molecule has 2 aromatic carbocycles. The van der Waals surface area contributed by atoms with E-state index in [2.05, 4.69) is 25.8 Å². The minimum Gasteiger partial charge on any atom is -0.394 e. The van der Waals surface area contributed by atoms with E-state index in [1.807, 2.05) is 43.3 Å². The molecule has 2 unspecified atom stereocenters. The molecule has 3 N–H and O–H groups in total. The van der Waals surface area contributed by atoms with Gasteiger partial charge in [-0.3, -0.25) is 9.36 Å². The van der Waals surface area contributed by atoms with Crippen LogP contribution >= 0.6 is 9.03 Å². The van der Waals surface area contributed by atoms with Crippen LogP contribution in [-0.4, -0.2) is 113 Å². The number of hydrogen-bond donors (Lipinski definition) is 3. The summed E-state index contributed by atoms with van der Waals surface area (Å²) in [6.07, 6.45) is 1.96. The Kier molecular flexibility index (Phi) is 18.0. The van der Waals surface area contributed by atoms with E-state index in [9.17, 15) is 14.7 Å². The van der Waals surface area contributed by atoms with E-state index >= 15 is 0 Å². The Morgan fingerprint density at radius 1 is 0.942 bits per heavy atom. The van der Waals surface area contributed by atoms with Crippen LogP contribution in [0.2, 0.25) is 0 Å². The summed E-state index contributed by atoms with van der Waals surface area (Å²) in [5.41, 5.74) is 2.61. The SMILES string of the molecule is COPO[C@@H]1C[C@H](n2ccc(NCCCOCCOCCOCCCNC(=O)c3ccc(N=Nc4ccc(N(C)C)cc4)cc3)nc2=O)OC1CO. The number of carbonyl (C=O) groups excluding carboxylic acids is 1. The third kappa shape index (κ3) is 13.9. The van der Waals surface area contributed by atoms with Crippen LogP contribution in [0.3, 0.4) is 0 Å². The highest BCUT2D eigenvalue weighted by Gasteiger charge is 2.37. The lowest BCUT2D eigenvalue weighted by atomic mass is 10.2. The summed E-state index contributed by atoms with van der Waals surface area (Å²) in [7, 11) is 5.33. The van der Waals surface area contributed by atoms with Crippen LogP contribution in [-0.2, 0) is 28.0 Å². The number of nitrogens with one attached hydrogen (secondary N) is 2. The molecule has 0 spiro atoms. The molecule has 1 aromatic heterocycles. The van der Waals surface area contributed by atoms with Gasteiger partial charge in [0.2, 0.25) is 0 Å². The summed E-state index contributed by atoms with van der Waals surface area (Å²) < 4.78 is 34.4. The first-order valence-corrected chi connectivity index (χ1v) is 18.0. The van der Waals surface area contributed by atoms with Crippen molar-refractivity contribution < 1.29 is 37.9 Å². The molecule has 4 rings (SSSR count). The summed E-state index contributed by atoms with van der Waals surface area (Å²) in [5, 5.41) is 24.1. The second-order valence-corrected chi connectivity index (χ2v) is 12.7. The van der Waals surface area contributed by atoms with E-state index in [0.717, 1.165) is 17.8 Å². The van der Waals surface area contributed by atoms with E-state index in [1.54, 1.807) is 36.5 Å². The Morgan fingerprint density at radius 3 is 2.15 bits per heavy atom. The van der Waals surface area contributed by atoms with Crippen molar-refractivity contribution in [3.8, 4) is 0 Å². The van der Waals surface area contributed by atoms with Crippen LogP contribution < -0.4 is 21.2 Å². The Balaban J connectivity index is 0.957. The number of amides is 1. The quantitative estimate of drug-likeness (QED) is 0.0677. The van der Waals surface area contributed by atoms with Gasteiger partial charge in [-0.1, -0.05) is 0 Å². The monoisotopic (exact) mass is 743 g/mol. The summed E-state index contributed by atoms with van der Waals surface area (Å²) in [6.45, 7) is 3.72. The van der Waals surface area contributed by atoms with Crippen molar-refractivity contribution in [2.75, 3.05) is 90.8 Å². The number of carbonyl (C=O) groups is 1. The van der Waals surface area contributed by atoms with Gasteiger partial charge in [-0.15, -0.1) is 0 Å². The average molecular weight is 744 g/mol. The molecule has 0 bridgehead atoms. The molecular weight excluding hydrogens is 693 g/mol. The standard InChI is InChI=1S/C35H50N7O9P/c1-41(2)29-12-10-28(11-13-29)40-39-27-8-6-26(7-9-27)34(44)37-16-5-19-48-21-23-49-22-20-47-18-4-15-36-32-14-17-42(35(45)38-32)33-24-30(51-52-46-3)31(25-43)50-33/h6-14,17,30-31,33,43,52H,4-5,15-16,18-25H2,1-3H3,(H,37,44)(H,36,38,45)/t30-,31?,33-/m1/s1. The molecular formula is C35H50N7O9P. The Bertz CT molecular complexity index is 1560. The fourth-order valence-corrected chi connectivity index (χ4v) is 5.49. The summed E-state index contributed by atoms with van der Waals surface area (Å²) in [4.78, 5) is 31.1. The fourth-order valence-electron chi connectivity index (χ4n) is 5.02. The number of aliphatic hydroxyl groups excluding tert-OH is 1. The number of hydrogen-bond acceptors (Lipinski definition) is 14. The molecule has 52 heavy (non-hydrogen) atoms. The molecule has 1 aliphatic heterocycles. The third-order valence-corrected chi connectivity index (χ3v) is 8.39. The number of nitrogens with zero attached hydrogens (tertiary/aromatic N) is 5. The average Bonchev–Trinajstić information content (AvgIpc) is 3.57. The highest BCUT2D eigenvalue weighted by molar-refractivity contribution is 7.26. The third-order valence-electron chi connectivity index (χ3n) is 7.83. The highest BCUT2D eigenvalue weighted by atomic mass is 31.1. The largest absolute Gasteiger partial charge is 0.394 e. The maximum absolute atomic E-state index is 12.6. The minimum atomic E-state index is -0.571. The first kappa shape index (κ1) is 40.9. The van der Waals surface area contributed by atoms with Crippen molar-refractivity contribution >= 4 is 37.8 Å². The van der Waals surface area contributed by atoms with Crippen molar-refractivity contribution in [2.24, 2.45) is 10.2 Å². The molecule has 17 heteroatoms. The molecule has 284 valence electrons. The minimum absolute atomic E-state index is 0.153. The number of aromatic nitrogens is 2. The maximum atomic E-state index is 12.6. The zero-order chi connectivity index (χ0) is 37.0. The molecule has 1 amide bonds. The molecule has 2 heterocycles. The fraction of sp³-hybridized carbons (Fsp3) is 0.514. The van der Waals surface area contributed by atoms with Gasteiger partial charge in [0.15, 0.2) is 9.03 Å². The molecule has 1 fully saturated rings. The lowest BCUT2D eigenvalue weighted by molar-refractivity contribution is -0.0414. The predicted molar refractivity (Wildman–Crippen MR) is 198 cm³/mol. The van der Waals surface area contributed by atoms with Crippen LogP contribution in [0, 0.1) is 0 Å². The number of aliphatic hydroxyl groups is 1. The summed E-state index contributed by atoms with van der Waals surface area (Å²) >= 11 is 0. The van der Waals surface area contributed by atoms with Gasteiger partial charge in [-0.05, 0) is 67.4 Å². The van der Waals surface area contributed by atoms with Crippen LogP contribution in [0.1, 0.15) is 35.8 Å². The maximum Gasteiger partial charge on any atom is 0.351 e. The topological polar surface area (TPSA) is 180 Å². The van der Waals surface area contributed by atoms with Gasteiger partial charge in [0.05, 0.1) is 50.5 Å². The lowest BCUT2D eigenvalue weighted by Crippen LogP contribution is -2.28. The molecule has 0 aliphatic carbocycles. The van der Waals surface area contributed by atoms with Crippen molar-refractivity contribution in [3.63, 3.8) is 0 Å². The van der Waals surface area contributed by atoms with Crippen molar-refractivity contribution in [3.05, 3.63) is 76.8 Å². The van der Waals surface area contributed by atoms with Gasteiger partial charge in [-0.2, -0.15) is 15.2 Å². The van der Waals surface area contributed by atoms with Gasteiger partial charge >= 0.3 is 5.69 Å². The molecule has 0 radical (unpaired) electrons. The van der Waals surface area contributed by atoms with Gasteiger partial charge in [-0.25, -0.2) is 4.79 Å². The second-order valence-electron chi connectivity index (χ2n) is 11.9. The van der Waals surface area contributed by atoms with Crippen LogP contribution in [0.4, 0.5) is 22.9 Å². The second kappa shape index (κ2) is 22.9. The number of ether oxygens (including phenoxy) is 4. The zero-order valence-corrected chi connectivity index (χ0v) is 30.9. The predicted octanol–water partition coefficient (Wildman–Crippen LogP) is 4.22. The Labute approximate surface area is 305 Å². The van der Waals surface area contributed by atoms with Crippen LogP contribution in [0.15, 0.2) is 75.8 Å². The number of benzene rings is 2. The van der Waals surface area contributed by atoms with E-state index in [-0.39, 0.29) is 27.7 Å². The van der Waals surface area contributed by atoms with Crippen molar-refractivity contribution in [1.82, 2.24) is 14.9 Å². The first-order valence-electron chi connectivity index (χ1n) is 17.2. The number of anilines is 2. The first-order chi connectivity index (χ1) is 25.4. The molecule has 0 saturated carbocycles. The van der Waals surface area contributed by atoms with Gasteiger partial charge in [0, 0.05) is 71.4 Å². The van der Waals surface area contributed by atoms with Crippen molar-refractivity contribution in [2.45, 2.75) is 37.7 Å². The molecule has 1 aliphatic rings. The van der Waals surface area contributed by atoms with E-state index < -0.39 is 18.0 Å². The van der Waals surface area contributed by atoms with E-state index in [4.69, 9.17) is 28.0 Å². The summed E-state index contributed by atoms with van der Waals surface area (Å²) in [6, 6.07) is 16.5. The lowest BCUT2D eigenvalue weighted by Gasteiger charge is -2.15. The molecule has 16 nitrogen and oxygen atoms in total. The Hall–Kier alpha value is -3.86. The van der Waals surface area contributed by atoms with Gasteiger partial charge in [0.1, 0.15) is 18.1 Å². The summed E-state index contributed by atoms with van der Waals surface area (Å²) in [5.74, 6) is 0.310. The number of azo groups is 1. The highest BCUT2D eigenvalue weighted by Crippen LogP contribution is 2.33. The Morgan fingerprint density at radius 2 is 1.56 bits per heavy atom. The zero-order valence-electron chi connectivity index (χ0n) is 29.9. The van der Waals surface area contributed by atoms with Gasteiger partial charge < -0.3 is 48.6 Å². The smallest absolute Gasteiger partial charge is 0.351 e. The normalized spacial score (nSPS) is 17.3. The van der Waals surface area contributed by atoms with Gasteiger partial charge in [0.25, 0.3) is 5.91 Å². The molecule has 1 saturated heterocycles. The van der Waals surface area contributed by atoms with Crippen LogP contribution in [0.25, 0.3) is 0 Å². The molecule has 4 atom stereocenters.